The normalized spacial score (nSPS) is 12.3. The van der Waals surface area contributed by atoms with Gasteiger partial charge in [0.05, 0.1) is 10.8 Å². The average molecular weight is 256 g/mol. The lowest BCUT2D eigenvalue weighted by atomic mass is 9.56. The zero-order valence-corrected chi connectivity index (χ0v) is 12.4. The Morgan fingerprint density at radius 3 is 1.50 bits per heavy atom. The van der Waals surface area contributed by atoms with Crippen molar-refractivity contribution in [2.75, 3.05) is 6.54 Å². The van der Waals surface area contributed by atoms with Crippen molar-refractivity contribution in [2.45, 2.75) is 60.3 Å². The molecule has 0 saturated heterocycles. The number of rotatable bonds is 8. The topological polar surface area (TPSA) is 72.2 Å². The van der Waals surface area contributed by atoms with E-state index in [-0.39, 0.29) is 11.8 Å². The highest BCUT2D eigenvalue weighted by molar-refractivity contribution is 5.92. The molecule has 0 spiro atoms. The van der Waals surface area contributed by atoms with Gasteiger partial charge in [-0.3, -0.25) is 9.59 Å². The Morgan fingerprint density at radius 1 is 0.889 bits per heavy atom. The molecule has 0 rings (SSSR count). The summed E-state index contributed by atoms with van der Waals surface area (Å²) >= 11 is 0. The first-order valence-electron chi connectivity index (χ1n) is 7.00. The fourth-order valence-electron chi connectivity index (χ4n) is 3.31. The Bertz CT molecular complexity index is 292. The van der Waals surface area contributed by atoms with Gasteiger partial charge in [0.25, 0.3) is 0 Å². The maximum absolute atomic E-state index is 12.5. The standard InChI is InChI=1S/C14H28N2O2/c1-6-13(7-2,11(15)17)14(8-3,9-4)12(18)16-10-5/h6-10H2,1-5H3,(H2,15,17)(H,16,18). The van der Waals surface area contributed by atoms with Crippen LogP contribution in [0.3, 0.4) is 0 Å². The van der Waals surface area contributed by atoms with E-state index in [1.165, 1.54) is 0 Å². The van der Waals surface area contributed by atoms with E-state index in [0.717, 1.165) is 0 Å². The summed E-state index contributed by atoms with van der Waals surface area (Å²) in [6.07, 6.45) is 2.44. The molecular weight excluding hydrogens is 228 g/mol. The molecule has 0 aromatic heterocycles. The molecular formula is C14H28N2O2. The Morgan fingerprint density at radius 2 is 1.28 bits per heavy atom. The molecule has 0 aliphatic carbocycles. The molecule has 0 aromatic carbocycles. The number of nitrogens with two attached hydrogens (primary N) is 1. The number of carbonyl (C=O) groups excluding carboxylic acids is 2. The lowest BCUT2D eigenvalue weighted by Crippen LogP contribution is -2.57. The van der Waals surface area contributed by atoms with E-state index in [4.69, 9.17) is 5.73 Å². The monoisotopic (exact) mass is 256 g/mol. The van der Waals surface area contributed by atoms with Crippen molar-refractivity contribution in [2.24, 2.45) is 16.6 Å². The molecule has 3 N–H and O–H groups in total. The van der Waals surface area contributed by atoms with E-state index in [0.29, 0.717) is 32.2 Å². The van der Waals surface area contributed by atoms with Gasteiger partial charge in [-0.1, -0.05) is 27.7 Å². The maximum Gasteiger partial charge on any atom is 0.227 e. The molecule has 4 nitrogen and oxygen atoms in total. The van der Waals surface area contributed by atoms with Crippen LogP contribution in [0.15, 0.2) is 0 Å². The highest BCUT2D eigenvalue weighted by atomic mass is 16.2. The SMILES string of the molecule is CCNC(=O)C(CC)(CC)C(CC)(CC)C(N)=O. The second-order valence-electron chi connectivity index (χ2n) is 4.80. The van der Waals surface area contributed by atoms with Crippen LogP contribution in [0.1, 0.15) is 60.3 Å². The number of hydrogen-bond acceptors (Lipinski definition) is 2. The summed E-state index contributed by atoms with van der Waals surface area (Å²) in [7, 11) is 0. The van der Waals surface area contributed by atoms with Crippen LogP contribution in [-0.2, 0) is 9.59 Å². The minimum Gasteiger partial charge on any atom is -0.369 e. The third-order valence-electron chi connectivity index (χ3n) is 4.57. The smallest absolute Gasteiger partial charge is 0.227 e. The van der Waals surface area contributed by atoms with Gasteiger partial charge < -0.3 is 11.1 Å². The van der Waals surface area contributed by atoms with E-state index in [2.05, 4.69) is 5.32 Å². The Balaban J connectivity index is 5.81. The molecule has 2 amide bonds. The van der Waals surface area contributed by atoms with Crippen LogP contribution in [0.5, 0.6) is 0 Å². The van der Waals surface area contributed by atoms with Gasteiger partial charge in [0, 0.05) is 6.54 Å². The molecule has 0 aliphatic rings. The van der Waals surface area contributed by atoms with Gasteiger partial charge in [-0.2, -0.15) is 0 Å². The molecule has 0 fully saturated rings. The van der Waals surface area contributed by atoms with Crippen LogP contribution >= 0.6 is 0 Å². The largest absolute Gasteiger partial charge is 0.369 e. The summed E-state index contributed by atoms with van der Waals surface area (Å²) in [6, 6.07) is 0. The summed E-state index contributed by atoms with van der Waals surface area (Å²) in [6.45, 7) is 10.3. The Labute approximate surface area is 111 Å². The molecule has 0 aromatic rings. The zero-order chi connectivity index (χ0) is 14.4. The van der Waals surface area contributed by atoms with Crippen molar-refractivity contribution in [1.29, 1.82) is 0 Å². The highest BCUT2D eigenvalue weighted by Gasteiger charge is 2.55. The van der Waals surface area contributed by atoms with Crippen LogP contribution in [0, 0.1) is 10.8 Å². The van der Waals surface area contributed by atoms with Crippen molar-refractivity contribution in [3.63, 3.8) is 0 Å². The first-order valence-corrected chi connectivity index (χ1v) is 7.00. The van der Waals surface area contributed by atoms with E-state index < -0.39 is 10.8 Å². The van der Waals surface area contributed by atoms with E-state index in [9.17, 15) is 9.59 Å². The van der Waals surface area contributed by atoms with Gasteiger partial charge >= 0.3 is 0 Å². The summed E-state index contributed by atoms with van der Waals surface area (Å²) in [4.78, 5) is 24.5. The zero-order valence-electron chi connectivity index (χ0n) is 12.4. The van der Waals surface area contributed by atoms with Crippen molar-refractivity contribution >= 4 is 11.8 Å². The quantitative estimate of drug-likeness (QED) is 0.699. The predicted molar refractivity (Wildman–Crippen MR) is 73.9 cm³/mol. The van der Waals surface area contributed by atoms with Crippen LogP contribution in [-0.4, -0.2) is 18.4 Å². The third kappa shape index (κ3) is 2.38. The van der Waals surface area contributed by atoms with Gasteiger partial charge in [-0.25, -0.2) is 0 Å². The van der Waals surface area contributed by atoms with Crippen LogP contribution in [0.2, 0.25) is 0 Å². The second kappa shape index (κ2) is 6.76. The molecule has 0 aliphatic heterocycles. The summed E-state index contributed by atoms with van der Waals surface area (Å²) in [5, 5.41) is 2.87. The van der Waals surface area contributed by atoms with E-state index in [1.807, 2.05) is 34.6 Å². The first-order chi connectivity index (χ1) is 8.42. The van der Waals surface area contributed by atoms with Gasteiger partial charge in [0.2, 0.25) is 11.8 Å². The fraction of sp³-hybridized carbons (Fsp3) is 0.857. The molecule has 0 atom stereocenters. The Kier molecular flexibility index (Phi) is 6.36. The highest BCUT2D eigenvalue weighted by Crippen LogP contribution is 2.50. The van der Waals surface area contributed by atoms with Crippen LogP contribution in [0.4, 0.5) is 0 Å². The number of carbonyl (C=O) groups is 2. The van der Waals surface area contributed by atoms with Gasteiger partial charge in [0.1, 0.15) is 0 Å². The predicted octanol–water partition coefficient (Wildman–Crippen LogP) is 2.22. The van der Waals surface area contributed by atoms with Crippen molar-refractivity contribution in [1.82, 2.24) is 5.32 Å². The molecule has 0 saturated carbocycles. The average Bonchev–Trinajstić information content (AvgIpc) is 2.36. The van der Waals surface area contributed by atoms with E-state index >= 15 is 0 Å². The summed E-state index contributed by atoms with van der Waals surface area (Å²) < 4.78 is 0. The molecule has 0 radical (unpaired) electrons. The number of amides is 2. The number of hydrogen-bond donors (Lipinski definition) is 2. The maximum atomic E-state index is 12.5. The Hall–Kier alpha value is -1.06. The third-order valence-corrected chi connectivity index (χ3v) is 4.57. The summed E-state index contributed by atoms with van der Waals surface area (Å²) in [5.41, 5.74) is 4.19. The van der Waals surface area contributed by atoms with Crippen molar-refractivity contribution < 1.29 is 9.59 Å². The number of primary amides is 1. The first kappa shape index (κ1) is 16.9. The van der Waals surface area contributed by atoms with Crippen molar-refractivity contribution in [3.05, 3.63) is 0 Å². The van der Waals surface area contributed by atoms with Gasteiger partial charge in [0.15, 0.2) is 0 Å². The van der Waals surface area contributed by atoms with Crippen LogP contribution < -0.4 is 11.1 Å². The van der Waals surface area contributed by atoms with Crippen LogP contribution in [0.25, 0.3) is 0 Å². The number of nitrogens with one attached hydrogen (secondary N) is 1. The van der Waals surface area contributed by atoms with Crippen molar-refractivity contribution in [3.8, 4) is 0 Å². The molecule has 106 valence electrons. The van der Waals surface area contributed by atoms with E-state index in [1.54, 1.807) is 0 Å². The lowest BCUT2D eigenvalue weighted by Gasteiger charge is -2.46. The minimum atomic E-state index is -0.754. The summed E-state index contributed by atoms with van der Waals surface area (Å²) in [5.74, 6) is -0.403. The second-order valence-corrected chi connectivity index (χ2v) is 4.80. The molecule has 4 heteroatoms. The minimum absolute atomic E-state index is 0.0440. The molecule has 0 bridgehead atoms. The molecule has 0 unspecified atom stereocenters. The van der Waals surface area contributed by atoms with Gasteiger partial charge in [-0.05, 0) is 32.6 Å². The molecule has 18 heavy (non-hydrogen) atoms. The fourth-order valence-corrected chi connectivity index (χ4v) is 3.31. The lowest BCUT2D eigenvalue weighted by molar-refractivity contribution is -0.153. The molecule has 0 heterocycles. The van der Waals surface area contributed by atoms with Gasteiger partial charge in [-0.15, -0.1) is 0 Å².